The first kappa shape index (κ1) is 13.0. The molecule has 0 spiro atoms. The van der Waals surface area contributed by atoms with Gasteiger partial charge in [-0.2, -0.15) is 0 Å². The summed E-state index contributed by atoms with van der Waals surface area (Å²) in [6.45, 7) is 6.38. The van der Waals surface area contributed by atoms with Crippen LogP contribution in [-0.2, 0) is 0 Å². The molecule has 0 unspecified atom stereocenters. The molecule has 1 heterocycles. The topological polar surface area (TPSA) is 15.8 Å². The fourth-order valence-corrected chi connectivity index (χ4v) is 2.87. The third-order valence-electron chi connectivity index (χ3n) is 2.84. The second-order valence-electron chi connectivity index (χ2n) is 4.57. The van der Waals surface area contributed by atoms with Crippen molar-refractivity contribution in [2.45, 2.75) is 20.8 Å². The number of para-hydroxylation sites is 1. The Kier molecular flexibility index (Phi) is 4.32. The molecule has 2 aromatic rings. The van der Waals surface area contributed by atoms with E-state index in [2.05, 4.69) is 67.7 Å². The van der Waals surface area contributed by atoms with Gasteiger partial charge in [-0.3, -0.25) is 0 Å². The summed E-state index contributed by atoms with van der Waals surface area (Å²) in [6.07, 6.45) is 4.32. The van der Waals surface area contributed by atoms with E-state index in [9.17, 15) is 0 Å². The van der Waals surface area contributed by atoms with Crippen LogP contribution in [-0.4, -0.2) is 10.7 Å². The Bertz CT molecular complexity index is 586. The summed E-state index contributed by atoms with van der Waals surface area (Å²) >= 11 is 1.86. The maximum Gasteiger partial charge on any atom is 0.0460 e. The fraction of sp³-hybridized carbons (Fsp3) is 0.250. The number of fused-ring (bicyclic) bond motifs is 1. The van der Waals surface area contributed by atoms with Crippen molar-refractivity contribution < 1.29 is 0 Å². The molecule has 2 rings (SSSR count). The highest BCUT2D eigenvalue weighted by Gasteiger charge is 2.06. The minimum atomic E-state index is 1.02. The molecule has 18 heavy (non-hydrogen) atoms. The van der Waals surface area contributed by atoms with Crippen molar-refractivity contribution in [3.8, 4) is 0 Å². The van der Waals surface area contributed by atoms with E-state index < -0.39 is 0 Å². The summed E-state index contributed by atoms with van der Waals surface area (Å²) < 4.78 is 0. The number of rotatable bonds is 4. The van der Waals surface area contributed by atoms with E-state index in [0.717, 1.165) is 5.75 Å². The van der Waals surface area contributed by atoms with Crippen molar-refractivity contribution in [1.82, 2.24) is 4.98 Å². The van der Waals surface area contributed by atoms with Crippen molar-refractivity contribution in [3.63, 3.8) is 0 Å². The van der Waals surface area contributed by atoms with Crippen molar-refractivity contribution in [1.29, 1.82) is 0 Å². The van der Waals surface area contributed by atoms with E-state index in [1.807, 2.05) is 11.8 Å². The molecule has 0 atom stereocenters. The van der Waals surface area contributed by atoms with Crippen LogP contribution in [0, 0.1) is 0 Å². The van der Waals surface area contributed by atoms with Gasteiger partial charge in [0.25, 0.3) is 0 Å². The molecule has 1 aromatic carbocycles. The third-order valence-corrected chi connectivity index (χ3v) is 3.96. The Morgan fingerprint density at radius 1 is 1.28 bits per heavy atom. The summed E-state index contributed by atoms with van der Waals surface area (Å²) in [5.41, 5.74) is 5.27. The van der Waals surface area contributed by atoms with Crippen LogP contribution in [0.2, 0.25) is 0 Å². The molecule has 0 aliphatic carbocycles. The predicted octanol–water partition coefficient (Wildman–Crippen LogP) is 5.23. The number of thioether (sulfide) groups is 1. The molecule has 0 radical (unpaired) electrons. The lowest BCUT2D eigenvalue weighted by atomic mass is 10.1. The van der Waals surface area contributed by atoms with E-state index in [4.69, 9.17) is 0 Å². The van der Waals surface area contributed by atoms with Gasteiger partial charge in [0.15, 0.2) is 0 Å². The van der Waals surface area contributed by atoms with Crippen LogP contribution in [0.3, 0.4) is 0 Å². The lowest BCUT2D eigenvalue weighted by Gasteiger charge is -2.04. The van der Waals surface area contributed by atoms with Gasteiger partial charge in [0.2, 0.25) is 0 Å². The molecule has 1 aromatic heterocycles. The number of benzene rings is 1. The Hall–Kier alpha value is -1.41. The van der Waals surface area contributed by atoms with Crippen LogP contribution in [0.15, 0.2) is 47.5 Å². The van der Waals surface area contributed by atoms with E-state index in [1.165, 1.54) is 27.6 Å². The summed E-state index contributed by atoms with van der Waals surface area (Å²) in [5, 5.41) is 3.53. The monoisotopic (exact) mass is 257 g/mol. The maximum absolute atomic E-state index is 3.34. The van der Waals surface area contributed by atoms with Gasteiger partial charge in [0.05, 0.1) is 0 Å². The molecule has 0 aliphatic heterocycles. The van der Waals surface area contributed by atoms with E-state index in [1.54, 1.807) is 0 Å². The normalized spacial score (nSPS) is 11.8. The van der Waals surface area contributed by atoms with Crippen molar-refractivity contribution in [2.24, 2.45) is 0 Å². The van der Waals surface area contributed by atoms with E-state index in [-0.39, 0.29) is 0 Å². The minimum absolute atomic E-state index is 1.02. The zero-order valence-electron chi connectivity index (χ0n) is 11.2. The first-order valence-corrected chi connectivity index (χ1v) is 7.24. The minimum Gasteiger partial charge on any atom is -0.361 e. The molecule has 1 nitrogen and oxygen atoms in total. The smallest absolute Gasteiger partial charge is 0.0460 e. The molecule has 0 saturated carbocycles. The van der Waals surface area contributed by atoms with Gasteiger partial charge in [-0.25, -0.2) is 0 Å². The van der Waals surface area contributed by atoms with Crippen LogP contribution in [0.5, 0.6) is 0 Å². The predicted molar refractivity (Wildman–Crippen MR) is 83.8 cm³/mol. The number of allylic oxidation sites excluding steroid dienone is 2. The number of hydrogen-bond donors (Lipinski definition) is 1. The molecule has 1 N–H and O–H groups in total. The van der Waals surface area contributed by atoms with Gasteiger partial charge in [0, 0.05) is 28.4 Å². The summed E-state index contributed by atoms with van der Waals surface area (Å²) in [6, 6.07) is 8.46. The third kappa shape index (κ3) is 2.88. The van der Waals surface area contributed by atoms with Crippen LogP contribution in [0.1, 0.15) is 26.3 Å². The Morgan fingerprint density at radius 2 is 2.06 bits per heavy atom. The second-order valence-corrected chi connectivity index (χ2v) is 5.43. The van der Waals surface area contributed by atoms with Crippen LogP contribution < -0.4 is 0 Å². The highest BCUT2D eigenvalue weighted by molar-refractivity contribution is 8.02. The van der Waals surface area contributed by atoms with Gasteiger partial charge < -0.3 is 4.98 Å². The lowest BCUT2D eigenvalue weighted by molar-refractivity contribution is 1.41. The molecule has 0 amide bonds. The standard InChI is InChI=1S/C16H19NS/c1-4-13(11-18-10-12(2)3)15-9-17-16-8-6-5-7-14(15)16/h4-10,17H,11H2,1-3H3/b13-4-. The fourth-order valence-electron chi connectivity index (χ4n) is 1.95. The first-order chi connectivity index (χ1) is 8.72. The lowest BCUT2D eigenvalue weighted by Crippen LogP contribution is -1.85. The largest absolute Gasteiger partial charge is 0.361 e. The number of H-pyrrole nitrogens is 1. The first-order valence-electron chi connectivity index (χ1n) is 6.19. The number of aromatic nitrogens is 1. The number of aromatic amines is 1. The quantitative estimate of drug-likeness (QED) is 0.793. The number of hydrogen-bond acceptors (Lipinski definition) is 1. The van der Waals surface area contributed by atoms with Gasteiger partial charge in [-0.05, 0) is 37.8 Å². The Balaban J connectivity index is 2.25. The number of nitrogens with one attached hydrogen (secondary N) is 1. The van der Waals surface area contributed by atoms with Gasteiger partial charge >= 0.3 is 0 Å². The van der Waals surface area contributed by atoms with Gasteiger partial charge in [-0.15, -0.1) is 11.8 Å². The van der Waals surface area contributed by atoms with Crippen LogP contribution in [0.25, 0.3) is 16.5 Å². The Morgan fingerprint density at radius 3 is 2.78 bits per heavy atom. The van der Waals surface area contributed by atoms with E-state index >= 15 is 0 Å². The van der Waals surface area contributed by atoms with E-state index in [0.29, 0.717) is 0 Å². The highest BCUT2D eigenvalue weighted by atomic mass is 32.2. The van der Waals surface area contributed by atoms with Gasteiger partial charge in [0.1, 0.15) is 0 Å². The van der Waals surface area contributed by atoms with Crippen molar-refractivity contribution in [3.05, 3.63) is 53.1 Å². The SMILES string of the molecule is C/C=C(/CSC=C(C)C)c1c[nH]c2ccccc12. The molecule has 0 aliphatic rings. The second kappa shape index (κ2) is 5.96. The summed E-state index contributed by atoms with van der Waals surface area (Å²) in [4.78, 5) is 3.34. The zero-order valence-corrected chi connectivity index (χ0v) is 12.0. The van der Waals surface area contributed by atoms with Crippen LogP contribution >= 0.6 is 11.8 Å². The Labute approximate surface area is 113 Å². The van der Waals surface area contributed by atoms with Gasteiger partial charge in [-0.1, -0.05) is 29.8 Å². The zero-order chi connectivity index (χ0) is 13.0. The molecule has 2 heteroatoms. The van der Waals surface area contributed by atoms with Crippen molar-refractivity contribution >= 4 is 28.2 Å². The molecule has 0 fully saturated rings. The molecular formula is C16H19NS. The maximum atomic E-state index is 3.34. The molecular weight excluding hydrogens is 238 g/mol. The average molecular weight is 257 g/mol. The molecule has 0 bridgehead atoms. The molecule has 0 saturated heterocycles. The summed E-state index contributed by atoms with van der Waals surface area (Å²) in [5.74, 6) is 1.02. The van der Waals surface area contributed by atoms with Crippen LogP contribution in [0.4, 0.5) is 0 Å². The summed E-state index contributed by atoms with van der Waals surface area (Å²) in [7, 11) is 0. The molecule has 94 valence electrons. The van der Waals surface area contributed by atoms with Crippen molar-refractivity contribution in [2.75, 3.05) is 5.75 Å². The average Bonchev–Trinajstić information content (AvgIpc) is 2.78. The highest BCUT2D eigenvalue weighted by Crippen LogP contribution is 2.27.